The van der Waals surface area contributed by atoms with Crippen molar-refractivity contribution in [2.45, 2.75) is 59.2 Å². The van der Waals surface area contributed by atoms with Gasteiger partial charge in [-0.2, -0.15) is 0 Å². The average Bonchev–Trinajstić information content (AvgIpc) is 3.07. The monoisotopic (exact) mass is 233 g/mol. The highest BCUT2D eigenvalue weighted by Gasteiger charge is 2.21. The van der Waals surface area contributed by atoms with E-state index in [9.17, 15) is 0 Å². The van der Waals surface area contributed by atoms with Crippen molar-refractivity contribution < 1.29 is 4.74 Å². The summed E-state index contributed by atoms with van der Waals surface area (Å²) in [6.45, 7) is 9.38. The molecule has 0 atom stereocenters. The Morgan fingerprint density at radius 2 is 2.00 bits per heavy atom. The number of ether oxygens (including phenoxy) is 1. The van der Waals surface area contributed by atoms with Crippen LogP contribution in [0.4, 0.5) is 0 Å². The molecule has 1 fully saturated rings. The molecule has 1 saturated carbocycles. The molecule has 2 nitrogen and oxygen atoms in total. The van der Waals surface area contributed by atoms with E-state index in [1.54, 1.807) is 0 Å². The topological polar surface area (TPSA) is 21.3 Å². The summed E-state index contributed by atoms with van der Waals surface area (Å²) in [5.41, 5.74) is 3.86. The molecule has 1 aliphatic carbocycles. The van der Waals surface area contributed by atoms with Crippen molar-refractivity contribution in [1.82, 2.24) is 5.32 Å². The zero-order chi connectivity index (χ0) is 12.4. The van der Waals surface area contributed by atoms with Crippen LogP contribution in [-0.4, -0.2) is 12.1 Å². The molecule has 0 aliphatic heterocycles. The SMILES string of the molecule is Cc1ccc(CNC2CC2)c(OC(C)C)c1C. The van der Waals surface area contributed by atoms with Gasteiger partial charge in [0.1, 0.15) is 5.75 Å². The van der Waals surface area contributed by atoms with Crippen molar-refractivity contribution in [2.75, 3.05) is 0 Å². The van der Waals surface area contributed by atoms with E-state index in [0.717, 1.165) is 18.3 Å². The van der Waals surface area contributed by atoms with Crippen molar-refractivity contribution >= 4 is 0 Å². The standard InChI is InChI=1S/C15H23NO/c1-10(2)17-15-12(4)11(3)5-6-13(15)9-16-14-7-8-14/h5-6,10,14,16H,7-9H2,1-4H3. The molecular weight excluding hydrogens is 210 g/mol. The Kier molecular flexibility index (Phi) is 3.72. The van der Waals surface area contributed by atoms with Crippen LogP contribution in [0.5, 0.6) is 5.75 Å². The maximum absolute atomic E-state index is 5.97. The molecular formula is C15H23NO. The Morgan fingerprint density at radius 3 is 2.59 bits per heavy atom. The lowest BCUT2D eigenvalue weighted by molar-refractivity contribution is 0.237. The quantitative estimate of drug-likeness (QED) is 0.842. The number of aryl methyl sites for hydroxylation is 1. The van der Waals surface area contributed by atoms with Gasteiger partial charge in [-0.3, -0.25) is 0 Å². The van der Waals surface area contributed by atoms with E-state index in [4.69, 9.17) is 4.74 Å². The van der Waals surface area contributed by atoms with Crippen LogP contribution in [0.2, 0.25) is 0 Å². The molecule has 1 aromatic rings. The van der Waals surface area contributed by atoms with Gasteiger partial charge >= 0.3 is 0 Å². The first kappa shape index (κ1) is 12.4. The zero-order valence-electron chi connectivity index (χ0n) is 11.3. The van der Waals surface area contributed by atoms with Crippen LogP contribution in [0.1, 0.15) is 43.4 Å². The van der Waals surface area contributed by atoms with Crippen LogP contribution < -0.4 is 10.1 Å². The van der Waals surface area contributed by atoms with Crippen molar-refractivity contribution in [3.63, 3.8) is 0 Å². The smallest absolute Gasteiger partial charge is 0.127 e. The molecule has 0 radical (unpaired) electrons. The predicted octanol–water partition coefficient (Wildman–Crippen LogP) is 3.34. The fourth-order valence-corrected chi connectivity index (χ4v) is 1.93. The molecule has 0 amide bonds. The molecule has 1 aliphatic rings. The summed E-state index contributed by atoms with van der Waals surface area (Å²) in [6.07, 6.45) is 2.88. The predicted molar refractivity (Wildman–Crippen MR) is 71.5 cm³/mol. The van der Waals surface area contributed by atoms with Gasteiger partial charge in [0, 0.05) is 18.2 Å². The molecule has 17 heavy (non-hydrogen) atoms. The van der Waals surface area contributed by atoms with Gasteiger partial charge in [0.05, 0.1) is 6.10 Å². The van der Waals surface area contributed by atoms with E-state index in [0.29, 0.717) is 0 Å². The third-order valence-electron chi connectivity index (χ3n) is 3.27. The van der Waals surface area contributed by atoms with Gasteiger partial charge in [-0.05, 0) is 51.7 Å². The van der Waals surface area contributed by atoms with Crippen molar-refractivity contribution in [1.29, 1.82) is 0 Å². The van der Waals surface area contributed by atoms with E-state index in [2.05, 4.69) is 45.1 Å². The minimum absolute atomic E-state index is 0.232. The molecule has 1 N–H and O–H groups in total. The first-order valence-corrected chi connectivity index (χ1v) is 6.57. The summed E-state index contributed by atoms with van der Waals surface area (Å²) in [4.78, 5) is 0. The normalized spacial score (nSPS) is 15.4. The summed E-state index contributed by atoms with van der Waals surface area (Å²) in [5.74, 6) is 1.08. The minimum Gasteiger partial charge on any atom is -0.490 e. The van der Waals surface area contributed by atoms with Crippen LogP contribution in [-0.2, 0) is 6.54 Å². The van der Waals surface area contributed by atoms with Gasteiger partial charge < -0.3 is 10.1 Å². The third kappa shape index (κ3) is 3.22. The second-order valence-corrected chi connectivity index (χ2v) is 5.32. The van der Waals surface area contributed by atoms with Gasteiger partial charge in [0.15, 0.2) is 0 Å². The molecule has 0 spiro atoms. The average molecular weight is 233 g/mol. The second kappa shape index (κ2) is 5.09. The van der Waals surface area contributed by atoms with Gasteiger partial charge in [-0.1, -0.05) is 12.1 Å². The van der Waals surface area contributed by atoms with Crippen molar-refractivity contribution in [3.05, 3.63) is 28.8 Å². The third-order valence-corrected chi connectivity index (χ3v) is 3.27. The maximum Gasteiger partial charge on any atom is 0.127 e. The fraction of sp³-hybridized carbons (Fsp3) is 0.600. The Morgan fingerprint density at radius 1 is 1.29 bits per heavy atom. The summed E-state index contributed by atoms with van der Waals surface area (Å²) >= 11 is 0. The van der Waals surface area contributed by atoms with E-state index < -0.39 is 0 Å². The molecule has 94 valence electrons. The van der Waals surface area contributed by atoms with E-state index in [1.165, 1.54) is 29.5 Å². The first-order valence-electron chi connectivity index (χ1n) is 6.57. The Hall–Kier alpha value is -1.02. The summed E-state index contributed by atoms with van der Waals surface area (Å²) < 4.78 is 5.97. The van der Waals surface area contributed by atoms with Crippen LogP contribution in [0, 0.1) is 13.8 Å². The molecule has 0 saturated heterocycles. The van der Waals surface area contributed by atoms with E-state index in [-0.39, 0.29) is 6.10 Å². The molecule has 0 bridgehead atoms. The fourth-order valence-electron chi connectivity index (χ4n) is 1.93. The van der Waals surface area contributed by atoms with Gasteiger partial charge in [-0.15, -0.1) is 0 Å². The first-order chi connectivity index (χ1) is 8.08. The molecule has 0 unspecified atom stereocenters. The lowest BCUT2D eigenvalue weighted by Crippen LogP contribution is -2.17. The van der Waals surface area contributed by atoms with Crippen LogP contribution in [0.3, 0.4) is 0 Å². The number of rotatable bonds is 5. The molecule has 1 aromatic carbocycles. The number of hydrogen-bond donors (Lipinski definition) is 1. The lowest BCUT2D eigenvalue weighted by atomic mass is 10.0. The molecule has 2 heteroatoms. The van der Waals surface area contributed by atoms with Crippen LogP contribution in [0.25, 0.3) is 0 Å². The maximum atomic E-state index is 5.97. The summed E-state index contributed by atoms with van der Waals surface area (Å²) in [5, 5.41) is 3.55. The minimum atomic E-state index is 0.232. The highest BCUT2D eigenvalue weighted by atomic mass is 16.5. The number of hydrogen-bond acceptors (Lipinski definition) is 2. The number of benzene rings is 1. The van der Waals surface area contributed by atoms with Gasteiger partial charge in [-0.25, -0.2) is 0 Å². The molecule has 0 aromatic heterocycles. The summed E-state index contributed by atoms with van der Waals surface area (Å²) in [7, 11) is 0. The van der Waals surface area contributed by atoms with Crippen molar-refractivity contribution in [3.8, 4) is 5.75 Å². The highest BCUT2D eigenvalue weighted by molar-refractivity contribution is 5.45. The van der Waals surface area contributed by atoms with E-state index >= 15 is 0 Å². The Labute approximate surface area is 104 Å². The van der Waals surface area contributed by atoms with Crippen molar-refractivity contribution in [2.24, 2.45) is 0 Å². The van der Waals surface area contributed by atoms with Gasteiger partial charge in [0.25, 0.3) is 0 Å². The summed E-state index contributed by atoms with van der Waals surface area (Å²) in [6, 6.07) is 5.12. The Bertz CT molecular complexity index is 394. The van der Waals surface area contributed by atoms with Crippen LogP contribution in [0.15, 0.2) is 12.1 Å². The largest absolute Gasteiger partial charge is 0.490 e. The molecule has 2 rings (SSSR count). The Balaban J connectivity index is 2.18. The van der Waals surface area contributed by atoms with Crippen LogP contribution >= 0.6 is 0 Å². The highest BCUT2D eigenvalue weighted by Crippen LogP contribution is 2.28. The lowest BCUT2D eigenvalue weighted by Gasteiger charge is -2.18. The molecule has 0 heterocycles. The van der Waals surface area contributed by atoms with Gasteiger partial charge in [0.2, 0.25) is 0 Å². The zero-order valence-corrected chi connectivity index (χ0v) is 11.3. The van der Waals surface area contributed by atoms with E-state index in [1.807, 2.05) is 0 Å². The second-order valence-electron chi connectivity index (χ2n) is 5.32. The number of nitrogens with one attached hydrogen (secondary N) is 1.